The molecule has 0 unspecified atom stereocenters. The Bertz CT molecular complexity index is 497. The second kappa shape index (κ2) is 3.91. The van der Waals surface area contributed by atoms with E-state index in [-0.39, 0.29) is 5.75 Å². The molecular weight excluding hydrogens is 215 g/mol. The zero-order chi connectivity index (χ0) is 10.8. The minimum Gasteiger partial charge on any atom is -0.505 e. The maximum absolute atomic E-state index is 13.5. The maximum Gasteiger partial charge on any atom is 0.172 e. The summed E-state index contributed by atoms with van der Waals surface area (Å²) < 4.78 is 13.5. The molecule has 0 atom stereocenters. The molecular formula is C12H8ClFO. The first kappa shape index (κ1) is 9.99. The van der Waals surface area contributed by atoms with Gasteiger partial charge in [-0.1, -0.05) is 35.9 Å². The van der Waals surface area contributed by atoms with E-state index in [4.69, 9.17) is 11.6 Å². The molecule has 0 aliphatic rings. The lowest BCUT2D eigenvalue weighted by atomic mass is 10.1. The number of hydrogen-bond donors (Lipinski definition) is 1. The number of phenols is 1. The van der Waals surface area contributed by atoms with Crippen LogP contribution in [-0.2, 0) is 0 Å². The smallest absolute Gasteiger partial charge is 0.172 e. The number of benzene rings is 2. The summed E-state index contributed by atoms with van der Waals surface area (Å²) in [7, 11) is 0. The standard InChI is InChI=1S/C12H8ClFO/c13-9-4-1-3-8(7-9)10-5-2-6-11(15)12(10)14/h1-7,15H. The molecule has 0 aromatic heterocycles. The van der Waals surface area contributed by atoms with Crippen molar-refractivity contribution < 1.29 is 9.50 Å². The Hall–Kier alpha value is -1.54. The predicted octanol–water partition coefficient (Wildman–Crippen LogP) is 3.85. The summed E-state index contributed by atoms with van der Waals surface area (Å²) >= 11 is 5.80. The van der Waals surface area contributed by atoms with Crippen LogP contribution in [0.4, 0.5) is 4.39 Å². The molecule has 0 heterocycles. The van der Waals surface area contributed by atoms with Crippen molar-refractivity contribution in [1.82, 2.24) is 0 Å². The highest BCUT2D eigenvalue weighted by Crippen LogP contribution is 2.29. The molecule has 76 valence electrons. The van der Waals surface area contributed by atoms with Gasteiger partial charge in [0.25, 0.3) is 0 Å². The summed E-state index contributed by atoms with van der Waals surface area (Å²) in [4.78, 5) is 0. The molecule has 0 aliphatic heterocycles. The topological polar surface area (TPSA) is 20.2 Å². The van der Waals surface area contributed by atoms with Crippen molar-refractivity contribution in [3.63, 3.8) is 0 Å². The summed E-state index contributed by atoms with van der Waals surface area (Å²) in [5.41, 5.74) is 0.994. The molecule has 2 rings (SSSR count). The number of aromatic hydroxyl groups is 1. The fourth-order valence-electron chi connectivity index (χ4n) is 1.40. The molecule has 1 N–H and O–H groups in total. The third kappa shape index (κ3) is 1.95. The van der Waals surface area contributed by atoms with Crippen molar-refractivity contribution in [3.8, 4) is 16.9 Å². The van der Waals surface area contributed by atoms with E-state index in [1.54, 1.807) is 36.4 Å². The average molecular weight is 223 g/mol. The number of hydrogen-bond acceptors (Lipinski definition) is 1. The van der Waals surface area contributed by atoms with Gasteiger partial charge in [0.2, 0.25) is 0 Å². The fourth-order valence-corrected chi connectivity index (χ4v) is 1.59. The molecule has 0 spiro atoms. The van der Waals surface area contributed by atoms with E-state index in [1.165, 1.54) is 6.07 Å². The van der Waals surface area contributed by atoms with Gasteiger partial charge in [0.1, 0.15) is 0 Å². The Labute approximate surface area is 91.8 Å². The Kier molecular flexibility index (Phi) is 2.60. The third-order valence-electron chi connectivity index (χ3n) is 2.11. The molecule has 0 saturated carbocycles. The highest BCUT2D eigenvalue weighted by Gasteiger charge is 2.08. The van der Waals surface area contributed by atoms with Gasteiger partial charge in [0.05, 0.1) is 0 Å². The van der Waals surface area contributed by atoms with Crippen LogP contribution < -0.4 is 0 Å². The predicted molar refractivity (Wildman–Crippen MR) is 58.5 cm³/mol. The van der Waals surface area contributed by atoms with Gasteiger partial charge in [-0.05, 0) is 23.8 Å². The van der Waals surface area contributed by atoms with Crippen molar-refractivity contribution in [2.45, 2.75) is 0 Å². The van der Waals surface area contributed by atoms with Crippen molar-refractivity contribution in [2.75, 3.05) is 0 Å². The van der Waals surface area contributed by atoms with Crippen molar-refractivity contribution >= 4 is 11.6 Å². The van der Waals surface area contributed by atoms with Gasteiger partial charge in [-0.25, -0.2) is 4.39 Å². The van der Waals surface area contributed by atoms with Crippen molar-refractivity contribution in [1.29, 1.82) is 0 Å². The van der Waals surface area contributed by atoms with E-state index in [0.717, 1.165) is 0 Å². The summed E-state index contributed by atoms with van der Waals surface area (Å²) in [6, 6.07) is 11.3. The van der Waals surface area contributed by atoms with Gasteiger partial charge >= 0.3 is 0 Å². The fraction of sp³-hybridized carbons (Fsp3) is 0. The van der Waals surface area contributed by atoms with Crippen LogP contribution in [0, 0.1) is 5.82 Å². The first-order valence-electron chi connectivity index (χ1n) is 4.42. The van der Waals surface area contributed by atoms with Crippen LogP contribution in [0.5, 0.6) is 5.75 Å². The first-order chi connectivity index (χ1) is 7.18. The van der Waals surface area contributed by atoms with E-state index in [1.807, 2.05) is 0 Å². The Balaban J connectivity index is 2.59. The van der Waals surface area contributed by atoms with Crippen LogP contribution in [0.2, 0.25) is 5.02 Å². The Morgan fingerprint density at radius 1 is 1.07 bits per heavy atom. The van der Waals surface area contributed by atoms with Crippen LogP contribution in [0.1, 0.15) is 0 Å². The highest BCUT2D eigenvalue weighted by atomic mass is 35.5. The van der Waals surface area contributed by atoms with Crippen LogP contribution in [0.25, 0.3) is 11.1 Å². The molecule has 0 saturated heterocycles. The van der Waals surface area contributed by atoms with Gasteiger partial charge in [-0.3, -0.25) is 0 Å². The number of rotatable bonds is 1. The minimum absolute atomic E-state index is 0.345. The van der Waals surface area contributed by atoms with Gasteiger partial charge in [-0.2, -0.15) is 0 Å². The SMILES string of the molecule is Oc1cccc(-c2cccc(Cl)c2)c1F. The second-order valence-electron chi connectivity index (χ2n) is 3.15. The molecule has 2 aromatic rings. The normalized spacial score (nSPS) is 10.3. The summed E-state index contributed by atoms with van der Waals surface area (Å²) in [6.07, 6.45) is 0. The second-order valence-corrected chi connectivity index (χ2v) is 3.59. The van der Waals surface area contributed by atoms with Crippen LogP contribution in [0.15, 0.2) is 42.5 Å². The molecule has 0 aliphatic carbocycles. The van der Waals surface area contributed by atoms with Crippen molar-refractivity contribution in [2.24, 2.45) is 0 Å². The summed E-state index contributed by atoms with van der Waals surface area (Å²) in [5, 5.41) is 9.76. The minimum atomic E-state index is -0.625. The lowest BCUT2D eigenvalue weighted by molar-refractivity contribution is 0.433. The monoisotopic (exact) mass is 222 g/mol. The van der Waals surface area contributed by atoms with E-state index in [9.17, 15) is 9.50 Å². The summed E-state index contributed by atoms with van der Waals surface area (Å²) in [6.45, 7) is 0. The number of phenolic OH excluding ortho intramolecular Hbond substituents is 1. The molecule has 0 amide bonds. The van der Waals surface area contributed by atoms with Gasteiger partial charge in [-0.15, -0.1) is 0 Å². The molecule has 2 aromatic carbocycles. The first-order valence-corrected chi connectivity index (χ1v) is 4.79. The average Bonchev–Trinajstić information content (AvgIpc) is 2.22. The molecule has 1 nitrogen and oxygen atoms in total. The Morgan fingerprint density at radius 3 is 2.53 bits per heavy atom. The van der Waals surface area contributed by atoms with E-state index < -0.39 is 5.82 Å². The maximum atomic E-state index is 13.5. The lowest BCUT2D eigenvalue weighted by Gasteiger charge is -2.04. The molecule has 3 heteroatoms. The Morgan fingerprint density at radius 2 is 1.80 bits per heavy atom. The van der Waals surface area contributed by atoms with Gasteiger partial charge in [0, 0.05) is 10.6 Å². The lowest BCUT2D eigenvalue weighted by Crippen LogP contribution is -1.84. The molecule has 0 radical (unpaired) electrons. The van der Waals surface area contributed by atoms with Crippen LogP contribution in [-0.4, -0.2) is 5.11 Å². The largest absolute Gasteiger partial charge is 0.505 e. The molecule has 0 fully saturated rings. The zero-order valence-corrected chi connectivity index (χ0v) is 8.50. The number of halogens is 2. The van der Waals surface area contributed by atoms with Gasteiger partial charge in [0.15, 0.2) is 11.6 Å². The summed E-state index contributed by atoms with van der Waals surface area (Å²) in [5.74, 6) is -0.979. The van der Waals surface area contributed by atoms with E-state index in [2.05, 4.69) is 0 Å². The van der Waals surface area contributed by atoms with Crippen molar-refractivity contribution in [3.05, 3.63) is 53.3 Å². The highest BCUT2D eigenvalue weighted by molar-refractivity contribution is 6.30. The zero-order valence-electron chi connectivity index (χ0n) is 7.74. The van der Waals surface area contributed by atoms with Crippen LogP contribution >= 0.6 is 11.6 Å². The molecule has 0 bridgehead atoms. The van der Waals surface area contributed by atoms with Gasteiger partial charge < -0.3 is 5.11 Å². The molecule has 15 heavy (non-hydrogen) atoms. The van der Waals surface area contributed by atoms with E-state index in [0.29, 0.717) is 16.1 Å². The van der Waals surface area contributed by atoms with E-state index >= 15 is 0 Å². The van der Waals surface area contributed by atoms with Crippen LogP contribution in [0.3, 0.4) is 0 Å². The third-order valence-corrected chi connectivity index (χ3v) is 2.35. The quantitative estimate of drug-likeness (QED) is 0.777.